The summed E-state index contributed by atoms with van der Waals surface area (Å²) in [6, 6.07) is 12.2. The topological polar surface area (TPSA) is 102 Å². The first-order valence-electron chi connectivity index (χ1n) is 14.0. The molecule has 1 N–H and O–H groups in total. The first-order valence-corrected chi connectivity index (χ1v) is 14.4. The molecule has 1 aliphatic heterocycles. The molecule has 1 aliphatic carbocycles. The normalized spacial score (nSPS) is 19.1. The number of hydrogen-bond donors (Lipinski definition) is 1. The van der Waals surface area contributed by atoms with Gasteiger partial charge in [-0.15, -0.1) is 0 Å². The minimum atomic E-state index is -2.89. The monoisotopic (exact) mass is 594 g/mol. The molecule has 218 valence electrons. The first-order chi connectivity index (χ1) is 20.3. The molecular formula is C30H29ClF2N6O3. The number of halogens is 3. The number of rotatable bonds is 7. The largest absolute Gasteiger partial charge is 0.349 e. The second-order valence-corrected chi connectivity index (χ2v) is 11.3. The molecule has 3 aromatic heterocycles. The molecule has 0 radical (unpaired) electrons. The van der Waals surface area contributed by atoms with Crippen LogP contribution in [0.15, 0.2) is 59.7 Å². The standard InChI is InChI=1S/C30H29ClF2N6O3/c31-19-14-22(27(28(32)33)35-15-19)29(41)36-20-9-7-18(8-10-20)17-38-23-4-1-2-5-24(23)39(30(38)42)21-11-12-25(34-16-21)37-13-3-6-26(37)40/h1-2,4-5,11-12,14-16,18,20,28H,3,6-10,13,17H2,(H,36,41). The van der Waals surface area contributed by atoms with Crippen LogP contribution in [0.5, 0.6) is 0 Å². The van der Waals surface area contributed by atoms with E-state index in [1.165, 1.54) is 6.07 Å². The van der Waals surface area contributed by atoms with Gasteiger partial charge in [-0.3, -0.25) is 28.6 Å². The SMILES string of the molecule is O=C(NC1CCC(Cn2c(=O)n(-c3ccc(N4CCCC4=O)nc3)c3ccccc32)CC1)c1cc(Cl)cnc1C(F)F. The Labute approximate surface area is 245 Å². The van der Waals surface area contributed by atoms with Crippen LogP contribution in [0.2, 0.25) is 5.02 Å². The Morgan fingerprint density at radius 1 is 1.02 bits per heavy atom. The number of anilines is 1. The van der Waals surface area contributed by atoms with Crippen LogP contribution in [0.3, 0.4) is 0 Å². The molecule has 1 aromatic carbocycles. The number of hydrogen-bond acceptors (Lipinski definition) is 5. The number of imidazole rings is 1. The maximum atomic E-state index is 13.7. The van der Waals surface area contributed by atoms with Crippen LogP contribution in [0, 0.1) is 5.92 Å². The number of fused-ring (bicyclic) bond motifs is 1. The van der Waals surface area contributed by atoms with E-state index in [9.17, 15) is 23.2 Å². The average molecular weight is 595 g/mol. The van der Waals surface area contributed by atoms with Crippen LogP contribution >= 0.6 is 11.6 Å². The fourth-order valence-corrected chi connectivity index (χ4v) is 6.17. The van der Waals surface area contributed by atoms with Crippen LogP contribution in [0.1, 0.15) is 61.0 Å². The van der Waals surface area contributed by atoms with Crippen molar-refractivity contribution in [1.82, 2.24) is 24.4 Å². The summed E-state index contributed by atoms with van der Waals surface area (Å²) >= 11 is 5.90. The van der Waals surface area contributed by atoms with E-state index in [4.69, 9.17) is 11.6 Å². The van der Waals surface area contributed by atoms with Gasteiger partial charge in [0, 0.05) is 31.7 Å². The number of amides is 2. The summed E-state index contributed by atoms with van der Waals surface area (Å²) in [4.78, 5) is 48.4. The number of para-hydroxylation sites is 2. The van der Waals surface area contributed by atoms with Crippen molar-refractivity contribution in [2.75, 3.05) is 11.4 Å². The highest BCUT2D eigenvalue weighted by Gasteiger charge is 2.28. The minimum Gasteiger partial charge on any atom is -0.349 e. The molecule has 6 rings (SSSR count). The third-order valence-electron chi connectivity index (χ3n) is 8.14. The third kappa shape index (κ3) is 5.40. The zero-order valence-corrected chi connectivity index (χ0v) is 23.4. The minimum absolute atomic E-state index is 0.0534. The van der Waals surface area contributed by atoms with Gasteiger partial charge in [0.25, 0.3) is 12.3 Å². The highest BCUT2D eigenvalue weighted by molar-refractivity contribution is 6.30. The number of alkyl halides is 2. The Bertz CT molecular complexity index is 1700. The van der Waals surface area contributed by atoms with E-state index in [-0.39, 0.29) is 34.1 Å². The van der Waals surface area contributed by atoms with Gasteiger partial charge in [0.05, 0.1) is 33.5 Å². The molecule has 2 fully saturated rings. The number of pyridine rings is 2. The van der Waals surface area contributed by atoms with Gasteiger partial charge in [-0.1, -0.05) is 23.7 Å². The summed E-state index contributed by atoms with van der Waals surface area (Å²) < 4.78 is 30.2. The van der Waals surface area contributed by atoms with Crippen LogP contribution in [0.25, 0.3) is 16.7 Å². The van der Waals surface area contributed by atoms with E-state index >= 15 is 0 Å². The predicted octanol–water partition coefficient (Wildman–Crippen LogP) is 5.29. The lowest BCUT2D eigenvalue weighted by Crippen LogP contribution is -2.39. The summed E-state index contributed by atoms with van der Waals surface area (Å²) in [6.07, 6.45) is 3.99. The molecule has 4 aromatic rings. The van der Waals surface area contributed by atoms with Gasteiger partial charge in [-0.2, -0.15) is 0 Å². The summed E-state index contributed by atoms with van der Waals surface area (Å²) in [7, 11) is 0. The average Bonchev–Trinajstić information content (AvgIpc) is 3.54. The summed E-state index contributed by atoms with van der Waals surface area (Å²) in [5.41, 5.74) is 1.22. The lowest BCUT2D eigenvalue weighted by Gasteiger charge is -2.29. The smallest absolute Gasteiger partial charge is 0.333 e. The zero-order chi connectivity index (χ0) is 29.4. The highest BCUT2D eigenvalue weighted by Crippen LogP contribution is 2.29. The van der Waals surface area contributed by atoms with Crippen LogP contribution in [-0.4, -0.2) is 43.5 Å². The lowest BCUT2D eigenvalue weighted by atomic mass is 9.85. The van der Waals surface area contributed by atoms with E-state index < -0.39 is 18.0 Å². The fraction of sp³-hybridized carbons (Fsp3) is 0.367. The molecular weight excluding hydrogens is 566 g/mol. The van der Waals surface area contributed by atoms with Crippen molar-refractivity contribution in [3.8, 4) is 5.69 Å². The molecule has 2 aliphatic rings. The van der Waals surface area contributed by atoms with Crippen LogP contribution in [-0.2, 0) is 11.3 Å². The van der Waals surface area contributed by atoms with Crippen molar-refractivity contribution in [3.05, 3.63) is 81.6 Å². The molecule has 0 bridgehead atoms. The second-order valence-electron chi connectivity index (χ2n) is 10.8. The van der Waals surface area contributed by atoms with E-state index in [1.807, 2.05) is 30.3 Å². The van der Waals surface area contributed by atoms with Gasteiger partial charge in [0.2, 0.25) is 5.91 Å². The third-order valence-corrected chi connectivity index (χ3v) is 8.34. The van der Waals surface area contributed by atoms with Gasteiger partial charge in [-0.25, -0.2) is 18.6 Å². The molecule has 0 atom stereocenters. The summed E-state index contributed by atoms with van der Waals surface area (Å²) in [5.74, 6) is 0.217. The number of carbonyl (C=O) groups is 2. The molecule has 42 heavy (non-hydrogen) atoms. The predicted molar refractivity (Wildman–Crippen MR) is 154 cm³/mol. The van der Waals surface area contributed by atoms with Gasteiger partial charge < -0.3 is 5.32 Å². The molecule has 2 amide bonds. The zero-order valence-electron chi connectivity index (χ0n) is 22.7. The molecule has 1 saturated carbocycles. The molecule has 1 saturated heterocycles. The lowest BCUT2D eigenvalue weighted by molar-refractivity contribution is -0.117. The Morgan fingerprint density at radius 2 is 1.79 bits per heavy atom. The van der Waals surface area contributed by atoms with Gasteiger partial charge >= 0.3 is 5.69 Å². The Balaban J connectivity index is 1.16. The van der Waals surface area contributed by atoms with Crippen molar-refractivity contribution in [1.29, 1.82) is 0 Å². The van der Waals surface area contributed by atoms with E-state index in [1.54, 1.807) is 26.3 Å². The number of benzene rings is 1. The van der Waals surface area contributed by atoms with E-state index in [2.05, 4.69) is 15.3 Å². The van der Waals surface area contributed by atoms with Gasteiger partial charge in [0.1, 0.15) is 11.5 Å². The highest BCUT2D eigenvalue weighted by atomic mass is 35.5. The molecule has 9 nitrogen and oxygen atoms in total. The van der Waals surface area contributed by atoms with Gasteiger partial charge in [0.15, 0.2) is 0 Å². The van der Waals surface area contributed by atoms with Crippen molar-refractivity contribution >= 4 is 40.3 Å². The van der Waals surface area contributed by atoms with Gasteiger partial charge in [-0.05, 0) is 68.4 Å². The van der Waals surface area contributed by atoms with Crippen molar-refractivity contribution in [3.63, 3.8) is 0 Å². The molecule has 0 spiro atoms. The second kappa shape index (κ2) is 11.6. The maximum Gasteiger partial charge on any atom is 0.333 e. The number of nitrogens with one attached hydrogen (secondary N) is 1. The van der Waals surface area contributed by atoms with E-state index in [0.717, 1.165) is 36.5 Å². The maximum absolute atomic E-state index is 13.7. The summed E-state index contributed by atoms with van der Waals surface area (Å²) in [6.45, 7) is 1.15. The van der Waals surface area contributed by atoms with Crippen molar-refractivity contribution < 1.29 is 18.4 Å². The molecule has 0 unspecified atom stereocenters. The molecule has 4 heterocycles. The Hall–Kier alpha value is -4.12. The quantitative estimate of drug-likeness (QED) is 0.313. The van der Waals surface area contributed by atoms with Crippen LogP contribution < -0.4 is 15.9 Å². The molecule has 12 heteroatoms. The summed E-state index contributed by atoms with van der Waals surface area (Å²) in [5, 5.41) is 2.98. The van der Waals surface area contributed by atoms with E-state index in [0.29, 0.717) is 43.9 Å². The first kappa shape index (κ1) is 28.0. The number of nitrogens with zero attached hydrogens (tertiary/aromatic N) is 5. The van der Waals surface area contributed by atoms with Crippen LogP contribution in [0.4, 0.5) is 14.6 Å². The number of carbonyl (C=O) groups excluding carboxylic acids is 2. The fourth-order valence-electron chi connectivity index (χ4n) is 6.01. The Morgan fingerprint density at radius 3 is 2.45 bits per heavy atom. The van der Waals surface area contributed by atoms with Crippen molar-refractivity contribution in [2.24, 2.45) is 5.92 Å². The van der Waals surface area contributed by atoms with Crippen molar-refractivity contribution in [2.45, 2.75) is 57.5 Å². The number of aromatic nitrogens is 4. The Kier molecular flexibility index (Phi) is 7.76.